The first-order valence-corrected chi connectivity index (χ1v) is 11.3. The van der Waals surface area contributed by atoms with E-state index in [1.54, 1.807) is 0 Å². The van der Waals surface area contributed by atoms with Crippen molar-refractivity contribution in [2.24, 2.45) is 11.8 Å². The highest BCUT2D eigenvalue weighted by Gasteiger charge is 2.36. The minimum atomic E-state index is -0.243. The number of unbranched alkanes of at least 4 members (excludes halogenated alkanes) is 3. The Bertz CT molecular complexity index is 578. The zero-order valence-electron chi connectivity index (χ0n) is 18.3. The number of aromatic hydroxyl groups is 1. The van der Waals surface area contributed by atoms with E-state index in [9.17, 15) is 10.2 Å². The fraction of sp³-hybridized carbons (Fsp3) is 0.760. The summed E-state index contributed by atoms with van der Waals surface area (Å²) in [6.07, 6.45) is 10.0. The molecular weight excluding hydrogens is 332 g/mol. The fourth-order valence-corrected chi connectivity index (χ4v) is 5.16. The van der Waals surface area contributed by atoms with Gasteiger partial charge in [-0.25, -0.2) is 0 Å². The molecule has 1 fully saturated rings. The zero-order valence-corrected chi connectivity index (χ0v) is 18.3. The number of phenols is 1. The zero-order chi connectivity index (χ0) is 20.0. The predicted molar refractivity (Wildman–Crippen MR) is 115 cm³/mol. The van der Waals surface area contributed by atoms with Gasteiger partial charge in [0, 0.05) is 0 Å². The molecule has 27 heavy (non-hydrogen) atoms. The molecule has 1 aliphatic rings. The molecule has 0 amide bonds. The van der Waals surface area contributed by atoms with Gasteiger partial charge in [-0.05, 0) is 66.0 Å². The summed E-state index contributed by atoms with van der Waals surface area (Å²) in [5, 5.41) is 21.2. The Balaban J connectivity index is 2.19. The topological polar surface area (TPSA) is 40.5 Å². The van der Waals surface area contributed by atoms with Gasteiger partial charge in [-0.3, -0.25) is 0 Å². The highest BCUT2D eigenvalue weighted by atomic mass is 16.3. The van der Waals surface area contributed by atoms with Crippen molar-refractivity contribution >= 4 is 0 Å². The van der Waals surface area contributed by atoms with Crippen LogP contribution < -0.4 is 0 Å². The highest BCUT2D eigenvalue weighted by Crippen LogP contribution is 2.46. The van der Waals surface area contributed by atoms with Gasteiger partial charge >= 0.3 is 0 Å². The summed E-state index contributed by atoms with van der Waals surface area (Å²) in [6.45, 7) is 11.3. The summed E-state index contributed by atoms with van der Waals surface area (Å²) in [5.41, 5.74) is 2.37. The van der Waals surface area contributed by atoms with Gasteiger partial charge in [0.05, 0.1) is 6.10 Å². The lowest BCUT2D eigenvalue weighted by Crippen LogP contribution is -2.32. The highest BCUT2D eigenvalue weighted by molar-refractivity contribution is 5.42. The average molecular weight is 375 g/mol. The van der Waals surface area contributed by atoms with Crippen molar-refractivity contribution in [3.05, 3.63) is 29.3 Å². The van der Waals surface area contributed by atoms with E-state index in [1.807, 2.05) is 6.07 Å². The van der Waals surface area contributed by atoms with Crippen LogP contribution in [-0.2, 0) is 5.41 Å². The predicted octanol–water partition coefficient (Wildman–Crippen LogP) is 6.93. The van der Waals surface area contributed by atoms with E-state index >= 15 is 0 Å². The third kappa shape index (κ3) is 5.73. The second-order valence-electron chi connectivity index (χ2n) is 9.63. The molecule has 0 radical (unpaired) electrons. The van der Waals surface area contributed by atoms with Crippen LogP contribution >= 0.6 is 0 Å². The first-order valence-electron chi connectivity index (χ1n) is 11.3. The third-order valence-corrected chi connectivity index (χ3v) is 6.91. The van der Waals surface area contributed by atoms with Gasteiger partial charge in [-0.1, -0.05) is 78.9 Å². The van der Waals surface area contributed by atoms with Crippen LogP contribution in [0.1, 0.15) is 109 Å². The fourth-order valence-electron chi connectivity index (χ4n) is 5.16. The number of aliphatic hydroxyl groups is 1. The molecule has 2 rings (SSSR count). The minimum absolute atomic E-state index is 0.0892. The normalized spacial score (nSPS) is 26.3. The van der Waals surface area contributed by atoms with Crippen LogP contribution in [0.2, 0.25) is 0 Å². The smallest absolute Gasteiger partial charge is 0.119 e. The van der Waals surface area contributed by atoms with Crippen molar-refractivity contribution in [3.8, 4) is 5.75 Å². The van der Waals surface area contributed by atoms with Crippen molar-refractivity contribution in [2.45, 2.75) is 110 Å². The van der Waals surface area contributed by atoms with Crippen molar-refractivity contribution in [3.63, 3.8) is 0 Å². The van der Waals surface area contributed by atoms with Crippen LogP contribution in [0.25, 0.3) is 0 Å². The SMILES string of the molecule is CCCCCCC(C)(C)c1ccc([C@H]2C[C@@H](O)C[C@@H](C)[C@@H]2CCC)c(O)c1. The minimum Gasteiger partial charge on any atom is -0.508 e. The van der Waals surface area contributed by atoms with Gasteiger partial charge in [0.15, 0.2) is 0 Å². The molecule has 0 bridgehead atoms. The number of rotatable bonds is 9. The molecule has 1 saturated carbocycles. The number of benzene rings is 1. The summed E-state index contributed by atoms with van der Waals surface area (Å²) >= 11 is 0. The molecule has 2 heteroatoms. The Hall–Kier alpha value is -1.02. The molecule has 0 heterocycles. The van der Waals surface area contributed by atoms with Crippen molar-refractivity contribution < 1.29 is 10.2 Å². The number of hydrogen-bond donors (Lipinski definition) is 2. The van der Waals surface area contributed by atoms with E-state index in [-0.39, 0.29) is 17.4 Å². The lowest BCUT2D eigenvalue weighted by molar-refractivity contribution is 0.0552. The standard InChI is InChI=1S/C25H42O2/c1-6-8-9-10-14-25(4,5)19-12-13-22(24(27)16-19)23-17-20(26)15-18(3)21(23)11-7-2/h12-13,16,18,20-21,23,26-27H,6-11,14-15,17H2,1-5H3/t18-,20+,21+,23+/m1/s1. The van der Waals surface area contributed by atoms with Crippen LogP contribution in [-0.4, -0.2) is 16.3 Å². The van der Waals surface area contributed by atoms with Gasteiger partial charge in [-0.2, -0.15) is 0 Å². The molecular formula is C25H42O2. The second-order valence-corrected chi connectivity index (χ2v) is 9.63. The number of aliphatic hydroxyl groups excluding tert-OH is 1. The first-order chi connectivity index (χ1) is 12.8. The summed E-state index contributed by atoms with van der Waals surface area (Å²) in [4.78, 5) is 0. The van der Waals surface area contributed by atoms with Gasteiger partial charge in [0.25, 0.3) is 0 Å². The van der Waals surface area contributed by atoms with Crippen molar-refractivity contribution in [1.29, 1.82) is 0 Å². The maximum atomic E-state index is 10.9. The Morgan fingerprint density at radius 1 is 1.04 bits per heavy atom. The molecule has 1 aromatic carbocycles. The molecule has 0 aromatic heterocycles. The molecule has 0 aliphatic heterocycles. The number of hydrogen-bond acceptors (Lipinski definition) is 2. The van der Waals surface area contributed by atoms with Gasteiger partial charge in [0.2, 0.25) is 0 Å². The molecule has 1 aromatic rings. The van der Waals surface area contributed by atoms with E-state index in [0.717, 1.165) is 31.2 Å². The molecule has 4 atom stereocenters. The van der Waals surface area contributed by atoms with E-state index in [0.29, 0.717) is 17.6 Å². The molecule has 2 nitrogen and oxygen atoms in total. The van der Waals surface area contributed by atoms with E-state index in [4.69, 9.17) is 0 Å². The quantitative estimate of drug-likeness (QED) is 0.460. The maximum Gasteiger partial charge on any atom is 0.119 e. The van der Waals surface area contributed by atoms with E-state index in [1.165, 1.54) is 37.7 Å². The summed E-state index contributed by atoms with van der Waals surface area (Å²) in [5.74, 6) is 1.76. The van der Waals surface area contributed by atoms with Crippen LogP contribution in [0.5, 0.6) is 5.75 Å². The van der Waals surface area contributed by atoms with Gasteiger partial charge < -0.3 is 10.2 Å². The monoisotopic (exact) mass is 374 g/mol. The molecule has 1 aliphatic carbocycles. The average Bonchev–Trinajstić information content (AvgIpc) is 2.61. The third-order valence-electron chi connectivity index (χ3n) is 6.91. The maximum absolute atomic E-state index is 10.9. The lowest BCUT2D eigenvalue weighted by Gasteiger charge is -2.40. The first kappa shape index (κ1) is 22.3. The van der Waals surface area contributed by atoms with Crippen LogP contribution in [0.3, 0.4) is 0 Å². The van der Waals surface area contributed by atoms with E-state index < -0.39 is 0 Å². The molecule has 154 valence electrons. The lowest BCUT2D eigenvalue weighted by atomic mass is 9.67. The Morgan fingerprint density at radius 3 is 2.41 bits per heavy atom. The Kier molecular flexibility index (Phi) is 8.21. The summed E-state index contributed by atoms with van der Waals surface area (Å²) < 4.78 is 0. The van der Waals surface area contributed by atoms with Gasteiger partial charge in [0.1, 0.15) is 5.75 Å². The second kappa shape index (κ2) is 9.96. The Morgan fingerprint density at radius 2 is 1.78 bits per heavy atom. The van der Waals surface area contributed by atoms with Gasteiger partial charge in [-0.15, -0.1) is 0 Å². The largest absolute Gasteiger partial charge is 0.508 e. The van der Waals surface area contributed by atoms with Crippen LogP contribution in [0, 0.1) is 11.8 Å². The Labute approximate surface area is 167 Å². The van der Waals surface area contributed by atoms with E-state index in [2.05, 4.69) is 46.8 Å². The van der Waals surface area contributed by atoms with Crippen LogP contribution in [0.15, 0.2) is 18.2 Å². The van der Waals surface area contributed by atoms with Crippen molar-refractivity contribution in [1.82, 2.24) is 0 Å². The summed E-state index contributed by atoms with van der Waals surface area (Å²) in [6, 6.07) is 6.38. The molecule has 0 saturated heterocycles. The van der Waals surface area contributed by atoms with Crippen LogP contribution in [0.4, 0.5) is 0 Å². The molecule has 0 unspecified atom stereocenters. The molecule has 0 spiro atoms. The van der Waals surface area contributed by atoms with Crippen molar-refractivity contribution in [2.75, 3.05) is 0 Å². The molecule has 2 N–H and O–H groups in total. The summed E-state index contributed by atoms with van der Waals surface area (Å²) in [7, 11) is 0. The number of phenolic OH excluding ortho intramolecular Hbond substituents is 1.